The molecule has 0 aliphatic carbocycles. The number of nitrogen functional groups attached to an aromatic ring is 1. The second-order valence-electron chi connectivity index (χ2n) is 4.68. The van der Waals surface area contributed by atoms with Crippen LogP contribution >= 0.6 is 7.82 Å². The molecule has 0 saturated carbocycles. The molecule has 2 heterocycles. The molecular weight excluding hydrogens is 376 g/mol. The van der Waals surface area contributed by atoms with E-state index < -0.39 is 44.5 Å². The van der Waals surface area contributed by atoms with E-state index in [9.17, 15) is 15.0 Å². The molecule has 1 aliphatic rings. The fourth-order valence-electron chi connectivity index (χ4n) is 1.90. The Morgan fingerprint density at radius 2 is 1.75 bits per heavy atom. The van der Waals surface area contributed by atoms with Crippen molar-refractivity contribution in [2.24, 2.45) is 0 Å². The molecule has 1 aliphatic heterocycles. The molecule has 1 aromatic heterocycles. The molecule has 1 saturated heterocycles. The quantitative estimate of drug-likeness (QED) is 0.192. The van der Waals surface area contributed by atoms with Crippen molar-refractivity contribution in [2.45, 2.75) is 31.0 Å². The SMILES string of the molecule is Nc1ccn(C[C@@H]2O[C@H](CO)[C@@H](O)[C@H]2O)c(=O)n1.O=P(O)(O)O.[KH]. The van der Waals surface area contributed by atoms with E-state index in [1.807, 2.05) is 0 Å². The zero-order chi connectivity index (χ0) is 17.8. The van der Waals surface area contributed by atoms with Gasteiger partial charge in [0.05, 0.1) is 13.2 Å². The van der Waals surface area contributed by atoms with E-state index in [-0.39, 0.29) is 63.7 Å². The Balaban J connectivity index is 0.000000777. The van der Waals surface area contributed by atoms with Crippen LogP contribution < -0.4 is 11.4 Å². The van der Waals surface area contributed by atoms with Crippen LogP contribution in [-0.4, -0.2) is 122 Å². The maximum atomic E-state index is 11.5. The molecule has 0 bridgehead atoms. The number of aliphatic hydroxyl groups excluding tert-OH is 3. The number of rotatable bonds is 3. The second-order valence-corrected chi connectivity index (χ2v) is 5.70. The standard InChI is InChI=1S/C10H15N3O5.K.H3O4P.H/c11-7-1-2-13(10(17)12-7)3-5-8(15)9(16)6(4-14)18-5;;1-5(2,3)4;/h1-2,5-6,8-9,14-16H,3-4H2,(H2,11,12,17);;(H3,1,2,3,4);/t5-,6+,8-,9+;;;/m0.../s1. The van der Waals surface area contributed by atoms with E-state index in [1.165, 1.54) is 16.8 Å². The van der Waals surface area contributed by atoms with Gasteiger partial charge in [0.2, 0.25) is 0 Å². The van der Waals surface area contributed by atoms with Gasteiger partial charge < -0.3 is 40.5 Å². The zero-order valence-corrected chi connectivity index (χ0v) is 12.6. The minimum absolute atomic E-state index is 0. The normalized spacial score (nSPS) is 26.2. The predicted molar refractivity (Wildman–Crippen MR) is 82.1 cm³/mol. The van der Waals surface area contributed by atoms with Crippen molar-refractivity contribution >= 4 is 65.0 Å². The predicted octanol–water partition coefficient (Wildman–Crippen LogP) is -4.27. The van der Waals surface area contributed by atoms with Gasteiger partial charge in [-0.2, -0.15) is 4.98 Å². The maximum absolute atomic E-state index is 11.5. The summed E-state index contributed by atoms with van der Waals surface area (Å²) >= 11 is 0. The van der Waals surface area contributed by atoms with Crippen LogP contribution in [0, 0.1) is 0 Å². The van der Waals surface area contributed by atoms with Crippen LogP contribution in [0.3, 0.4) is 0 Å². The molecular formula is C10H19KN3O9P. The number of aromatic nitrogens is 2. The van der Waals surface area contributed by atoms with E-state index in [1.54, 1.807) is 0 Å². The summed E-state index contributed by atoms with van der Waals surface area (Å²) in [4.78, 5) is 36.6. The molecule has 0 aromatic carbocycles. The Labute approximate surface area is 178 Å². The van der Waals surface area contributed by atoms with Crippen molar-refractivity contribution in [3.05, 3.63) is 22.7 Å². The van der Waals surface area contributed by atoms with Gasteiger partial charge in [0.15, 0.2) is 0 Å². The van der Waals surface area contributed by atoms with Gasteiger partial charge in [-0.15, -0.1) is 0 Å². The van der Waals surface area contributed by atoms with E-state index in [0.717, 1.165) is 0 Å². The molecule has 0 spiro atoms. The third kappa shape index (κ3) is 8.10. The average Bonchev–Trinajstić information content (AvgIpc) is 2.68. The summed E-state index contributed by atoms with van der Waals surface area (Å²) in [6.07, 6.45) is -2.52. The van der Waals surface area contributed by atoms with E-state index >= 15 is 0 Å². The van der Waals surface area contributed by atoms with Gasteiger partial charge in [0.25, 0.3) is 0 Å². The van der Waals surface area contributed by atoms with Crippen molar-refractivity contribution < 1.29 is 39.3 Å². The first-order valence-electron chi connectivity index (χ1n) is 6.26. The molecule has 8 N–H and O–H groups in total. The zero-order valence-electron chi connectivity index (χ0n) is 11.7. The molecule has 1 aromatic rings. The number of anilines is 1. The van der Waals surface area contributed by atoms with Gasteiger partial charge in [-0.1, -0.05) is 0 Å². The second kappa shape index (κ2) is 10.4. The van der Waals surface area contributed by atoms with Crippen molar-refractivity contribution in [3.8, 4) is 0 Å². The number of nitrogens with zero attached hydrogens (tertiary/aromatic N) is 2. The first kappa shape index (κ1) is 24.3. The summed E-state index contributed by atoms with van der Waals surface area (Å²) < 4.78 is 15.4. The van der Waals surface area contributed by atoms with Crippen LogP contribution in [0.4, 0.5) is 5.82 Å². The number of hydrogen-bond donors (Lipinski definition) is 7. The van der Waals surface area contributed by atoms with Crippen LogP contribution in [0.2, 0.25) is 0 Å². The fourth-order valence-corrected chi connectivity index (χ4v) is 1.90. The molecule has 0 amide bonds. The monoisotopic (exact) mass is 395 g/mol. The van der Waals surface area contributed by atoms with E-state index in [2.05, 4.69) is 4.98 Å². The van der Waals surface area contributed by atoms with Gasteiger partial charge in [-0.3, -0.25) is 4.57 Å². The summed E-state index contributed by atoms with van der Waals surface area (Å²) in [6, 6.07) is 1.45. The van der Waals surface area contributed by atoms with Crippen molar-refractivity contribution in [2.75, 3.05) is 12.3 Å². The molecule has 14 heteroatoms. The Bertz CT molecular complexity index is 616. The first-order chi connectivity index (χ1) is 10.5. The summed E-state index contributed by atoms with van der Waals surface area (Å²) in [6.45, 7) is -0.371. The molecule has 12 nitrogen and oxygen atoms in total. The number of phosphoric acid groups is 1. The molecule has 0 radical (unpaired) electrons. The number of ether oxygens (including phenoxy) is 1. The fraction of sp³-hybridized carbons (Fsp3) is 0.600. The van der Waals surface area contributed by atoms with Gasteiger partial charge in [-0.25, -0.2) is 9.36 Å². The molecule has 134 valence electrons. The Hall–Kier alpha value is 0.266. The Morgan fingerprint density at radius 1 is 1.25 bits per heavy atom. The van der Waals surface area contributed by atoms with Crippen LogP contribution in [0.15, 0.2) is 17.1 Å². The number of aliphatic hydroxyl groups is 3. The number of hydrogen-bond acceptors (Lipinski definition) is 8. The third-order valence-electron chi connectivity index (χ3n) is 2.91. The topological polar surface area (TPSA) is 209 Å². The minimum atomic E-state index is -4.64. The van der Waals surface area contributed by atoms with Gasteiger partial charge in [0, 0.05) is 6.20 Å². The van der Waals surface area contributed by atoms with Crippen LogP contribution in [-0.2, 0) is 15.8 Å². The van der Waals surface area contributed by atoms with Gasteiger partial charge in [0.1, 0.15) is 30.2 Å². The molecule has 2 rings (SSSR count). The molecule has 4 atom stereocenters. The Kier molecular flexibility index (Phi) is 10.5. The van der Waals surface area contributed by atoms with E-state index in [4.69, 9.17) is 34.8 Å². The summed E-state index contributed by atoms with van der Waals surface area (Å²) in [7, 11) is -4.64. The first-order valence-corrected chi connectivity index (χ1v) is 7.83. The Morgan fingerprint density at radius 3 is 2.17 bits per heavy atom. The summed E-state index contributed by atoms with van der Waals surface area (Å²) in [5.74, 6) is 0.109. The third-order valence-corrected chi connectivity index (χ3v) is 2.91. The van der Waals surface area contributed by atoms with Crippen LogP contribution in [0.5, 0.6) is 0 Å². The van der Waals surface area contributed by atoms with E-state index in [0.29, 0.717) is 0 Å². The summed E-state index contributed by atoms with van der Waals surface area (Å²) in [5.41, 5.74) is 4.79. The number of nitrogens with two attached hydrogens (primary N) is 1. The van der Waals surface area contributed by atoms with Gasteiger partial charge >= 0.3 is 64.9 Å². The van der Waals surface area contributed by atoms with Gasteiger partial charge in [-0.05, 0) is 6.07 Å². The van der Waals surface area contributed by atoms with Crippen molar-refractivity contribution in [1.29, 1.82) is 0 Å². The molecule has 24 heavy (non-hydrogen) atoms. The molecule has 1 fully saturated rings. The average molecular weight is 395 g/mol. The van der Waals surface area contributed by atoms with Crippen molar-refractivity contribution in [1.82, 2.24) is 9.55 Å². The molecule has 0 unspecified atom stereocenters. The summed E-state index contributed by atoms with van der Waals surface area (Å²) in [5, 5.41) is 28.2. The van der Waals surface area contributed by atoms with Crippen LogP contribution in [0.25, 0.3) is 0 Å². The van der Waals surface area contributed by atoms with Crippen molar-refractivity contribution in [3.63, 3.8) is 0 Å². The van der Waals surface area contributed by atoms with Crippen LogP contribution in [0.1, 0.15) is 0 Å².